The van der Waals surface area contributed by atoms with E-state index in [4.69, 9.17) is 14.2 Å². The van der Waals surface area contributed by atoms with Crippen LogP contribution in [0.2, 0.25) is 0 Å². The third kappa shape index (κ3) is 3.19. The molecule has 0 radical (unpaired) electrons. The third-order valence-corrected chi connectivity index (χ3v) is 1.58. The van der Waals surface area contributed by atoms with Gasteiger partial charge < -0.3 is 14.2 Å². The van der Waals surface area contributed by atoms with Gasteiger partial charge in [0.15, 0.2) is 6.29 Å². The number of esters is 1. The molecule has 0 aromatic heterocycles. The molecule has 4 heteroatoms. The molecule has 1 atom stereocenters. The Kier molecular flexibility index (Phi) is 3.49. The summed E-state index contributed by atoms with van der Waals surface area (Å²) in [6.07, 6.45) is 0.282. The second-order valence-electron chi connectivity index (χ2n) is 2.83. The SMILES string of the molecule is CC(=O)OC(C)CC1OCCO1. The molecule has 1 aliphatic rings. The number of carbonyl (C=O) groups excluding carboxylic acids is 1. The lowest BCUT2D eigenvalue weighted by Crippen LogP contribution is -2.20. The monoisotopic (exact) mass is 174 g/mol. The largest absolute Gasteiger partial charge is 0.463 e. The van der Waals surface area contributed by atoms with Gasteiger partial charge in [0.25, 0.3) is 0 Å². The van der Waals surface area contributed by atoms with Crippen LogP contribution in [0.3, 0.4) is 0 Å². The van der Waals surface area contributed by atoms with Crippen molar-refractivity contribution in [3.8, 4) is 0 Å². The van der Waals surface area contributed by atoms with Gasteiger partial charge in [-0.15, -0.1) is 0 Å². The molecule has 1 saturated heterocycles. The van der Waals surface area contributed by atoms with Crippen molar-refractivity contribution >= 4 is 5.97 Å². The molecule has 0 aromatic rings. The molecule has 12 heavy (non-hydrogen) atoms. The molecule has 1 fully saturated rings. The van der Waals surface area contributed by atoms with Crippen LogP contribution in [0.15, 0.2) is 0 Å². The quantitative estimate of drug-likeness (QED) is 0.591. The standard InChI is InChI=1S/C8H14O4/c1-6(12-7(2)9)5-8-10-3-4-11-8/h6,8H,3-5H2,1-2H3. The summed E-state index contributed by atoms with van der Waals surface area (Å²) in [5.74, 6) is -0.263. The molecule has 1 heterocycles. The van der Waals surface area contributed by atoms with E-state index in [2.05, 4.69) is 0 Å². The van der Waals surface area contributed by atoms with Crippen molar-refractivity contribution in [1.82, 2.24) is 0 Å². The number of ether oxygens (including phenoxy) is 3. The van der Waals surface area contributed by atoms with E-state index in [1.165, 1.54) is 6.92 Å². The van der Waals surface area contributed by atoms with Gasteiger partial charge in [-0.1, -0.05) is 0 Å². The average molecular weight is 174 g/mol. The highest BCUT2D eigenvalue weighted by molar-refractivity contribution is 5.66. The first-order valence-corrected chi connectivity index (χ1v) is 4.09. The van der Waals surface area contributed by atoms with Crippen LogP contribution in [0.1, 0.15) is 20.3 Å². The Morgan fingerprint density at radius 2 is 2.17 bits per heavy atom. The summed E-state index contributed by atoms with van der Waals surface area (Å²) in [5, 5.41) is 0. The minimum atomic E-state index is -0.263. The maximum absolute atomic E-state index is 10.5. The number of rotatable bonds is 3. The van der Waals surface area contributed by atoms with Crippen molar-refractivity contribution in [2.75, 3.05) is 13.2 Å². The Bertz CT molecular complexity index is 151. The lowest BCUT2D eigenvalue weighted by atomic mass is 10.3. The predicted molar refractivity (Wildman–Crippen MR) is 41.5 cm³/mol. The zero-order valence-electron chi connectivity index (χ0n) is 7.41. The minimum absolute atomic E-state index is 0.134. The zero-order chi connectivity index (χ0) is 8.97. The van der Waals surface area contributed by atoms with Crippen LogP contribution >= 0.6 is 0 Å². The van der Waals surface area contributed by atoms with Crippen LogP contribution in [0.4, 0.5) is 0 Å². The van der Waals surface area contributed by atoms with E-state index in [9.17, 15) is 4.79 Å². The zero-order valence-corrected chi connectivity index (χ0v) is 7.41. The molecule has 0 aromatic carbocycles. The van der Waals surface area contributed by atoms with Gasteiger partial charge in [0.05, 0.1) is 13.2 Å². The lowest BCUT2D eigenvalue weighted by molar-refractivity contribution is -0.149. The van der Waals surface area contributed by atoms with Gasteiger partial charge >= 0.3 is 5.97 Å². The fourth-order valence-electron chi connectivity index (χ4n) is 1.15. The maximum atomic E-state index is 10.5. The highest BCUT2D eigenvalue weighted by Gasteiger charge is 2.20. The second kappa shape index (κ2) is 4.42. The van der Waals surface area contributed by atoms with Crippen molar-refractivity contribution in [3.63, 3.8) is 0 Å². The molecule has 70 valence electrons. The molecule has 1 rings (SSSR count). The Balaban J connectivity index is 2.16. The number of carbonyl (C=O) groups is 1. The van der Waals surface area contributed by atoms with E-state index in [1.54, 1.807) is 0 Å². The molecule has 0 saturated carbocycles. The first-order valence-electron chi connectivity index (χ1n) is 4.09. The minimum Gasteiger partial charge on any atom is -0.463 e. The first-order chi connectivity index (χ1) is 5.68. The van der Waals surface area contributed by atoms with E-state index in [0.717, 1.165) is 0 Å². The highest BCUT2D eigenvalue weighted by atomic mass is 16.7. The normalized spacial score (nSPS) is 20.8. The molecule has 0 aliphatic carbocycles. The van der Waals surface area contributed by atoms with Crippen LogP contribution in [0.5, 0.6) is 0 Å². The average Bonchev–Trinajstić information content (AvgIpc) is 2.37. The van der Waals surface area contributed by atoms with Crippen LogP contribution in [0.25, 0.3) is 0 Å². The molecule has 0 spiro atoms. The number of hydrogen-bond donors (Lipinski definition) is 0. The highest BCUT2D eigenvalue weighted by Crippen LogP contribution is 2.12. The van der Waals surface area contributed by atoms with Crippen molar-refractivity contribution in [2.45, 2.75) is 32.7 Å². The van der Waals surface area contributed by atoms with Crippen molar-refractivity contribution in [1.29, 1.82) is 0 Å². The van der Waals surface area contributed by atoms with Crippen LogP contribution < -0.4 is 0 Å². The van der Waals surface area contributed by atoms with E-state index < -0.39 is 0 Å². The van der Waals surface area contributed by atoms with E-state index in [-0.39, 0.29) is 18.4 Å². The molecular weight excluding hydrogens is 160 g/mol. The molecular formula is C8H14O4. The summed E-state index contributed by atoms with van der Waals surface area (Å²) in [6, 6.07) is 0. The summed E-state index contributed by atoms with van der Waals surface area (Å²) in [5.41, 5.74) is 0. The first kappa shape index (κ1) is 9.48. The molecule has 0 amide bonds. The Hall–Kier alpha value is -0.610. The smallest absolute Gasteiger partial charge is 0.302 e. The van der Waals surface area contributed by atoms with E-state index >= 15 is 0 Å². The van der Waals surface area contributed by atoms with E-state index in [0.29, 0.717) is 19.6 Å². The van der Waals surface area contributed by atoms with Gasteiger partial charge in [-0.2, -0.15) is 0 Å². The Morgan fingerprint density at radius 3 is 2.67 bits per heavy atom. The molecule has 1 aliphatic heterocycles. The molecule has 0 bridgehead atoms. The topological polar surface area (TPSA) is 44.8 Å². The Morgan fingerprint density at radius 1 is 1.58 bits per heavy atom. The van der Waals surface area contributed by atoms with Crippen molar-refractivity contribution in [2.24, 2.45) is 0 Å². The molecule has 4 nitrogen and oxygen atoms in total. The lowest BCUT2D eigenvalue weighted by Gasteiger charge is -2.15. The fraction of sp³-hybridized carbons (Fsp3) is 0.875. The summed E-state index contributed by atoms with van der Waals surface area (Å²) >= 11 is 0. The van der Waals surface area contributed by atoms with Gasteiger partial charge in [0, 0.05) is 13.3 Å². The molecule has 1 unspecified atom stereocenters. The van der Waals surface area contributed by atoms with Gasteiger partial charge in [0.2, 0.25) is 0 Å². The predicted octanol–water partition coefficient (Wildman–Crippen LogP) is 0.701. The Labute approximate surface area is 71.8 Å². The van der Waals surface area contributed by atoms with Crippen LogP contribution in [0, 0.1) is 0 Å². The summed E-state index contributed by atoms with van der Waals surface area (Å²) in [4.78, 5) is 10.5. The second-order valence-corrected chi connectivity index (χ2v) is 2.83. The van der Waals surface area contributed by atoms with Gasteiger partial charge in [-0.3, -0.25) is 4.79 Å². The summed E-state index contributed by atoms with van der Waals surface area (Å²) in [6.45, 7) is 4.49. The van der Waals surface area contributed by atoms with Gasteiger partial charge in [0.1, 0.15) is 6.10 Å². The van der Waals surface area contributed by atoms with Crippen molar-refractivity contribution < 1.29 is 19.0 Å². The summed E-state index contributed by atoms with van der Waals surface area (Å²) in [7, 11) is 0. The van der Waals surface area contributed by atoms with Crippen LogP contribution in [-0.4, -0.2) is 31.6 Å². The van der Waals surface area contributed by atoms with Gasteiger partial charge in [-0.05, 0) is 6.92 Å². The van der Waals surface area contributed by atoms with Gasteiger partial charge in [-0.25, -0.2) is 0 Å². The molecule has 0 N–H and O–H groups in total. The number of hydrogen-bond acceptors (Lipinski definition) is 4. The summed E-state index contributed by atoms with van der Waals surface area (Å²) < 4.78 is 15.3. The maximum Gasteiger partial charge on any atom is 0.302 e. The third-order valence-electron chi connectivity index (χ3n) is 1.58. The van der Waals surface area contributed by atoms with Crippen molar-refractivity contribution in [3.05, 3.63) is 0 Å². The van der Waals surface area contributed by atoms with E-state index in [1.807, 2.05) is 6.92 Å². The fourth-order valence-corrected chi connectivity index (χ4v) is 1.15. The van der Waals surface area contributed by atoms with Crippen LogP contribution in [-0.2, 0) is 19.0 Å².